The summed E-state index contributed by atoms with van der Waals surface area (Å²) >= 11 is 0. The first-order valence-electron chi connectivity index (χ1n) is 4.57. The molecule has 0 radical (unpaired) electrons. The van der Waals surface area contributed by atoms with Crippen LogP contribution in [0.2, 0.25) is 0 Å². The quantitative estimate of drug-likeness (QED) is 0.806. The van der Waals surface area contributed by atoms with E-state index in [1.54, 1.807) is 0 Å². The Labute approximate surface area is 94.9 Å². The first-order valence-corrected chi connectivity index (χ1v) is 4.57. The predicted molar refractivity (Wildman–Crippen MR) is 55.3 cm³/mol. The third kappa shape index (κ3) is 1.85. The summed E-state index contributed by atoms with van der Waals surface area (Å²) in [6.07, 6.45) is 2.72. The summed E-state index contributed by atoms with van der Waals surface area (Å²) in [4.78, 5) is 22.1. The van der Waals surface area contributed by atoms with Crippen molar-refractivity contribution in [2.75, 3.05) is 0 Å². The molecule has 0 saturated carbocycles. The van der Waals surface area contributed by atoms with Gasteiger partial charge >= 0.3 is 11.9 Å². The lowest BCUT2D eigenvalue weighted by molar-refractivity contribution is 0.0696. The molecule has 2 rings (SSSR count). The molecule has 0 amide bonds. The molecular formula is C10H7N3O4. The molecule has 2 aromatic rings. The number of carboxylic acids is 2. The average molecular weight is 233 g/mol. The summed E-state index contributed by atoms with van der Waals surface area (Å²) in [7, 11) is 0. The van der Waals surface area contributed by atoms with Crippen molar-refractivity contribution in [1.29, 1.82) is 0 Å². The van der Waals surface area contributed by atoms with Crippen LogP contribution in [0.25, 0.3) is 5.69 Å². The van der Waals surface area contributed by atoms with E-state index in [0.717, 1.165) is 4.68 Å². The molecule has 1 heterocycles. The molecular weight excluding hydrogens is 226 g/mol. The smallest absolute Gasteiger partial charge is 0.337 e. The maximum atomic E-state index is 11.0. The van der Waals surface area contributed by atoms with Gasteiger partial charge in [-0.25, -0.2) is 14.3 Å². The normalized spacial score (nSPS) is 10.1. The van der Waals surface area contributed by atoms with Crippen molar-refractivity contribution in [3.8, 4) is 5.69 Å². The van der Waals surface area contributed by atoms with Gasteiger partial charge in [0.1, 0.15) is 0 Å². The summed E-state index contributed by atoms with van der Waals surface area (Å²) in [5, 5.41) is 25.2. The second-order valence-corrected chi connectivity index (χ2v) is 3.16. The van der Waals surface area contributed by atoms with Crippen molar-refractivity contribution in [3.05, 3.63) is 41.7 Å². The van der Waals surface area contributed by atoms with Crippen LogP contribution < -0.4 is 0 Å². The highest BCUT2D eigenvalue weighted by molar-refractivity contribution is 6.00. The standard InChI is InChI=1S/C10H7N3O4/c14-9(15)6-2-1-3-7(10(16)17)8(6)13-5-4-11-12-13/h1-5H,(H,14,15)(H,16,17). The van der Waals surface area contributed by atoms with E-state index in [1.165, 1.54) is 30.6 Å². The Morgan fingerprint density at radius 1 is 1.12 bits per heavy atom. The molecule has 0 aliphatic rings. The van der Waals surface area contributed by atoms with Gasteiger partial charge < -0.3 is 10.2 Å². The Balaban J connectivity index is 2.76. The van der Waals surface area contributed by atoms with E-state index in [1.807, 2.05) is 0 Å². The minimum Gasteiger partial charge on any atom is -0.478 e. The molecule has 0 saturated heterocycles. The number of rotatable bonds is 3. The van der Waals surface area contributed by atoms with Crippen LogP contribution in [0.4, 0.5) is 0 Å². The lowest BCUT2D eigenvalue weighted by Crippen LogP contribution is -2.12. The van der Waals surface area contributed by atoms with E-state index < -0.39 is 11.9 Å². The molecule has 1 aromatic carbocycles. The molecule has 17 heavy (non-hydrogen) atoms. The number of hydrogen-bond acceptors (Lipinski definition) is 4. The number of aromatic carboxylic acids is 2. The SMILES string of the molecule is O=C(O)c1cccc(C(=O)O)c1-n1ccnn1. The van der Waals surface area contributed by atoms with Gasteiger partial charge in [-0.05, 0) is 12.1 Å². The summed E-state index contributed by atoms with van der Waals surface area (Å²) in [6.45, 7) is 0. The minimum absolute atomic E-state index is 0.00926. The average Bonchev–Trinajstić information content (AvgIpc) is 2.80. The Kier molecular flexibility index (Phi) is 2.57. The summed E-state index contributed by atoms with van der Waals surface area (Å²) in [5.74, 6) is -2.45. The molecule has 0 fully saturated rings. The van der Waals surface area contributed by atoms with E-state index in [9.17, 15) is 9.59 Å². The van der Waals surface area contributed by atoms with Crippen molar-refractivity contribution in [1.82, 2.24) is 15.0 Å². The number of para-hydroxylation sites is 1. The van der Waals surface area contributed by atoms with Crippen LogP contribution in [0.3, 0.4) is 0 Å². The maximum absolute atomic E-state index is 11.0. The summed E-state index contributed by atoms with van der Waals surface area (Å²) in [5.41, 5.74) is -0.296. The molecule has 1 aromatic heterocycles. The van der Waals surface area contributed by atoms with Gasteiger partial charge in [0.15, 0.2) is 0 Å². The topological polar surface area (TPSA) is 105 Å². The largest absolute Gasteiger partial charge is 0.478 e. The number of benzene rings is 1. The molecule has 7 heteroatoms. The van der Waals surface area contributed by atoms with Crippen LogP contribution in [0.1, 0.15) is 20.7 Å². The first-order chi connectivity index (χ1) is 8.11. The van der Waals surface area contributed by atoms with Gasteiger partial charge in [0, 0.05) is 0 Å². The fraction of sp³-hybridized carbons (Fsp3) is 0. The highest BCUT2D eigenvalue weighted by Gasteiger charge is 2.20. The Hall–Kier alpha value is -2.70. The lowest BCUT2D eigenvalue weighted by atomic mass is 10.1. The fourth-order valence-corrected chi connectivity index (χ4v) is 1.46. The number of aromatic nitrogens is 3. The Bertz CT molecular complexity index is 545. The monoisotopic (exact) mass is 233 g/mol. The van der Waals surface area contributed by atoms with Crippen LogP contribution in [-0.4, -0.2) is 37.1 Å². The van der Waals surface area contributed by atoms with Gasteiger partial charge in [-0.1, -0.05) is 11.3 Å². The lowest BCUT2D eigenvalue weighted by Gasteiger charge is -2.08. The zero-order chi connectivity index (χ0) is 12.4. The third-order valence-electron chi connectivity index (χ3n) is 2.15. The van der Waals surface area contributed by atoms with Crippen molar-refractivity contribution in [2.45, 2.75) is 0 Å². The number of hydrogen-bond donors (Lipinski definition) is 2. The molecule has 0 atom stereocenters. The molecule has 0 spiro atoms. The number of nitrogens with zero attached hydrogens (tertiary/aromatic N) is 3. The first kappa shape index (κ1) is 10.8. The fourth-order valence-electron chi connectivity index (χ4n) is 1.46. The van der Waals surface area contributed by atoms with Crippen molar-refractivity contribution < 1.29 is 19.8 Å². The Morgan fingerprint density at radius 2 is 1.71 bits per heavy atom. The third-order valence-corrected chi connectivity index (χ3v) is 2.15. The molecule has 0 aliphatic heterocycles. The highest BCUT2D eigenvalue weighted by Crippen LogP contribution is 2.19. The van der Waals surface area contributed by atoms with Crippen LogP contribution in [0.15, 0.2) is 30.6 Å². The van der Waals surface area contributed by atoms with Crippen LogP contribution in [0, 0.1) is 0 Å². The van der Waals surface area contributed by atoms with Crippen molar-refractivity contribution >= 4 is 11.9 Å². The van der Waals surface area contributed by atoms with Gasteiger partial charge in [-0.2, -0.15) is 0 Å². The van der Waals surface area contributed by atoms with E-state index in [0.29, 0.717) is 0 Å². The van der Waals surface area contributed by atoms with Crippen LogP contribution >= 0.6 is 0 Å². The molecule has 0 bridgehead atoms. The van der Waals surface area contributed by atoms with Crippen molar-refractivity contribution in [3.63, 3.8) is 0 Å². The molecule has 2 N–H and O–H groups in total. The van der Waals surface area contributed by atoms with Gasteiger partial charge in [0.2, 0.25) is 0 Å². The Morgan fingerprint density at radius 3 is 2.12 bits per heavy atom. The van der Waals surface area contributed by atoms with E-state index in [-0.39, 0.29) is 16.8 Å². The molecule has 0 unspecified atom stereocenters. The second kappa shape index (κ2) is 4.05. The van der Waals surface area contributed by atoms with Crippen LogP contribution in [0.5, 0.6) is 0 Å². The van der Waals surface area contributed by atoms with Gasteiger partial charge in [0.05, 0.1) is 29.2 Å². The van der Waals surface area contributed by atoms with E-state index in [2.05, 4.69) is 10.3 Å². The molecule has 7 nitrogen and oxygen atoms in total. The van der Waals surface area contributed by atoms with Gasteiger partial charge in [-0.3, -0.25) is 0 Å². The van der Waals surface area contributed by atoms with E-state index >= 15 is 0 Å². The molecule has 0 aliphatic carbocycles. The highest BCUT2D eigenvalue weighted by atomic mass is 16.4. The second-order valence-electron chi connectivity index (χ2n) is 3.16. The zero-order valence-electron chi connectivity index (χ0n) is 8.44. The zero-order valence-corrected chi connectivity index (χ0v) is 8.44. The minimum atomic E-state index is -1.22. The predicted octanol–water partition coefficient (Wildman–Crippen LogP) is 0.664. The summed E-state index contributed by atoms with van der Waals surface area (Å²) in [6, 6.07) is 3.99. The van der Waals surface area contributed by atoms with Crippen molar-refractivity contribution in [2.24, 2.45) is 0 Å². The molecule has 86 valence electrons. The van der Waals surface area contributed by atoms with Crippen LogP contribution in [-0.2, 0) is 0 Å². The summed E-state index contributed by atoms with van der Waals surface area (Å²) < 4.78 is 1.12. The number of carboxylic acid groups (broad SMARTS) is 2. The maximum Gasteiger partial charge on any atom is 0.337 e. The van der Waals surface area contributed by atoms with Gasteiger partial charge in [0.25, 0.3) is 0 Å². The van der Waals surface area contributed by atoms with E-state index in [4.69, 9.17) is 10.2 Å². The van der Waals surface area contributed by atoms with Gasteiger partial charge in [-0.15, -0.1) is 5.10 Å². The number of carbonyl (C=O) groups is 2.